The number of hydrogen-bond acceptors (Lipinski definition) is 5. The van der Waals surface area contributed by atoms with Crippen molar-refractivity contribution in [3.05, 3.63) is 0 Å². The van der Waals surface area contributed by atoms with Crippen molar-refractivity contribution in [2.75, 3.05) is 6.61 Å². The van der Waals surface area contributed by atoms with E-state index >= 15 is 0 Å². The first-order chi connectivity index (χ1) is 16.1. The molecule has 0 bridgehead atoms. The van der Waals surface area contributed by atoms with Gasteiger partial charge in [-0.05, 0) is 91.8 Å². The van der Waals surface area contributed by atoms with Gasteiger partial charge < -0.3 is 14.2 Å². The molecule has 6 aliphatic rings. The Labute approximate surface area is 205 Å². The zero-order valence-electron chi connectivity index (χ0n) is 21.8. The number of esters is 1. The minimum atomic E-state index is -0.970. The van der Waals surface area contributed by atoms with Crippen LogP contribution in [0.4, 0.5) is 0 Å². The number of Topliss-reactive ketones (excluding diaryl/α,β-unsaturated/α-hetero) is 1. The predicted octanol–water partition coefficient (Wildman–Crippen LogP) is 5.54. The van der Waals surface area contributed by atoms with Gasteiger partial charge in [0.05, 0.1) is 12.7 Å². The van der Waals surface area contributed by atoms with Crippen molar-refractivity contribution < 1.29 is 23.8 Å². The number of fused-ring (bicyclic) bond motifs is 7. The molecule has 6 rings (SSSR count). The molecule has 190 valence electrons. The van der Waals surface area contributed by atoms with Gasteiger partial charge in [-0.3, -0.25) is 9.59 Å². The molecule has 5 nitrogen and oxygen atoms in total. The van der Waals surface area contributed by atoms with Crippen molar-refractivity contribution in [1.29, 1.82) is 0 Å². The second-order valence-corrected chi connectivity index (χ2v) is 13.7. The van der Waals surface area contributed by atoms with Crippen LogP contribution in [0.5, 0.6) is 0 Å². The molecule has 0 aromatic heterocycles. The lowest BCUT2D eigenvalue weighted by molar-refractivity contribution is -0.259. The number of ketones is 1. The maximum absolute atomic E-state index is 13.6. The van der Waals surface area contributed by atoms with Gasteiger partial charge in [-0.25, -0.2) is 0 Å². The summed E-state index contributed by atoms with van der Waals surface area (Å²) in [5.41, 5.74) is 0.535. The van der Waals surface area contributed by atoms with Crippen LogP contribution in [-0.2, 0) is 23.8 Å². The van der Waals surface area contributed by atoms with Crippen molar-refractivity contribution in [2.24, 2.45) is 52.3 Å². The third-order valence-electron chi connectivity index (χ3n) is 11.9. The van der Waals surface area contributed by atoms with Gasteiger partial charge in [0.15, 0.2) is 5.78 Å². The summed E-state index contributed by atoms with van der Waals surface area (Å²) < 4.78 is 18.5. The van der Waals surface area contributed by atoms with E-state index in [4.69, 9.17) is 14.2 Å². The van der Waals surface area contributed by atoms with E-state index in [1.807, 2.05) is 0 Å². The largest absolute Gasteiger partial charge is 0.463 e. The molecule has 2 aliphatic heterocycles. The molecule has 0 radical (unpaired) electrons. The van der Waals surface area contributed by atoms with Gasteiger partial charge in [0.1, 0.15) is 6.10 Å². The van der Waals surface area contributed by atoms with Crippen LogP contribution >= 0.6 is 0 Å². The smallest absolute Gasteiger partial charge is 0.302 e. The second kappa shape index (κ2) is 7.78. The molecule has 0 amide bonds. The summed E-state index contributed by atoms with van der Waals surface area (Å²) in [4.78, 5) is 25.2. The van der Waals surface area contributed by atoms with E-state index < -0.39 is 5.79 Å². The molecule has 6 fully saturated rings. The Morgan fingerprint density at radius 1 is 1.00 bits per heavy atom. The molecule has 0 N–H and O–H groups in total. The van der Waals surface area contributed by atoms with Crippen LogP contribution in [0.15, 0.2) is 0 Å². The van der Waals surface area contributed by atoms with Gasteiger partial charge in [-0.1, -0.05) is 27.7 Å². The molecule has 12 atom stereocenters. The molecule has 0 aromatic carbocycles. The van der Waals surface area contributed by atoms with Gasteiger partial charge >= 0.3 is 5.97 Å². The molecule has 4 aliphatic carbocycles. The van der Waals surface area contributed by atoms with E-state index in [0.717, 1.165) is 37.5 Å². The van der Waals surface area contributed by atoms with Crippen LogP contribution in [0, 0.1) is 52.3 Å². The van der Waals surface area contributed by atoms with Crippen molar-refractivity contribution in [2.45, 2.75) is 110 Å². The molecule has 4 saturated carbocycles. The fraction of sp³-hybridized carbons (Fsp3) is 0.931. The van der Waals surface area contributed by atoms with E-state index in [1.165, 1.54) is 32.1 Å². The third kappa shape index (κ3) is 3.17. The minimum absolute atomic E-state index is 0.0155. The van der Waals surface area contributed by atoms with Gasteiger partial charge in [0.2, 0.25) is 5.79 Å². The Hall–Kier alpha value is -0.940. The molecule has 2 saturated heterocycles. The van der Waals surface area contributed by atoms with Gasteiger partial charge in [0.25, 0.3) is 0 Å². The van der Waals surface area contributed by atoms with Crippen molar-refractivity contribution in [3.63, 3.8) is 0 Å². The number of rotatable bonds is 1. The van der Waals surface area contributed by atoms with Crippen molar-refractivity contribution in [3.8, 4) is 0 Å². The summed E-state index contributed by atoms with van der Waals surface area (Å²) in [6.07, 6.45) is 10.3. The van der Waals surface area contributed by atoms with E-state index in [1.54, 1.807) is 6.92 Å². The van der Waals surface area contributed by atoms with Crippen LogP contribution in [0.3, 0.4) is 0 Å². The lowest BCUT2D eigenvalue weighted by Crippen LogP contribution is -2.58. The van der Waals surface area contributed by atoms with Gasteiger partial charge in [0, 0.05) is 25.2 Å². The number of carbonyl (C=O) groups is 2. The van der Waals surface area contributed by atoms with Gasteiger partial charge in [-0.15, -0.1) is 0 Å². The number of carbonyl (C=O) groups excluding carboxylic acids is 2. The monoisotopic (exact) mass is 472 g/mol. The van der Waals surface area contributed by atoms with Crippen LogP contribution < -0.4 is 0 Å². The first kappa shape index (κ1) is 23.5. The second-order valence-electron chi connectivity index (χ2n) is 13.7. The summed E-state index contributed by atoms with van der Waals surface area (Å²) in [6.45, 7) is 11.6. The Morgan fingerprint density at radius 3 is 2.47 bits per heavy atom. The average Bonchev–Trinajstić information content (AvgIpc) is 3.29. The zero-order chi connectivity index (χ0) is 24.0. The highest BCUT2D eigenvalue weighted by atomic mass is 16.7. The maximum atomic E-state index is 13.6. The van der Waals surface area contributed by atoms with Crippen LogP contribution in [-0.4, -0.2) is 36.4 Å². The van der Waals surface area contributed by atoms with Crippen LogP contribution in [0.2, 0.25) is 0 Å². The van der Waals surface area contributed by atoms with E-state index in [0.29, 0.717) is 35.7 Å². The lowest BCUT2D eigenvalue weighted by Gasteiger charge is -2.61. The molecule has 1 spiro atoms. The Morgan fingerprint density at radius 2 is 1.76 bits per heavy atom. The Balaban J connectivity index is 1.25. The quantitative estimate of drug-likeness (QED) is 0.469. The average molecular weight is 473 g/mol. The Bertz CT molecular complexity index is 871. The zero-order valence-corrected chi connectivity index (χ0v) is 21.8. The molecular weight excluding hydrogens is 428 g/mol. The molecule has 34 heavy (non-hydrogen) atoms. The number of ether oxygens (including phenoxy) is 3. The fourth-order valence-electron chi connectivity index (χ4n) is 10.5. The summed E-state index contributed by atoms with van der Waals surface area (Å²) in [6, 6.07) is 0. The van der Waals surface area contributed by atoms with E-state index in [9.17, 15) is 9.59 Å². The summed E-state index contributed by atoms with van der Waals surface area (Å²) in [5.74, 6) is 2.58. The predicted molar refractivity (Wildman–Crippen MR) is 128 cm³/mol. The molecule has 2 heterocycles. The first-order valence-corrected chi connectivity index (χ1v) is 14.1. The third-order valence-corrected chi connectivity index (χ3v) is 11.9. The summed E-state index contributed by atoms with van der Waals surface area (Å²) in [7, 11) is 0. The molecule has 0 aromatic rings. The fourth-order valence-corrected chi connectivity index (χ4v) is 10.5. The number of hydrogen-bond donors (Lipinski definition) is 0. The molecular formula is C29H44O5. The first-order valence-electron chi connectivity index (χ1n) is 14.1. The van der Waals surface area contributed by atoms with E-state index in [2.05, 4.69) is 27.7 Å². The lowest BCUT2D eigenvalue weighted by atomic mass is 9.44. The standard InChI is InChI=1S/C29H44O5/c1-16-14-29(32-15-16)26(31)17(2)25-24(34-29)13-23-21-7-6-19-12-20(33-18(3)30)8-10-27(19,4)22(21)9-11-28(23,25)5/h16-17,19-25H,6-15H2,1-5H3/t16-,17+,19+,20+,21-,22+,23+,24+,25+,27+,28+,29-/m1/s1. The Kier molecular flexibility index (Phi) is 5.37. The topological polar surface area (TPSA) is 61.8 Å². The summed E-state index contributed by atoms with van der Waals surface area (Å²) >= 11 is 0. The highest BCUT2D eigenvalue weighted by Gasteiger charge is 2.68. The highest BCUT2D eigenvalue weighted by Crippen LogP contribution is 2.70. The van der Waals surface area contributed by atoms with E-state index in [-0.39, 0.29) is 35.3 Å². The highest BCUT2D eigenvalue weighted by molar-refractivity contribution is 5.89. The minimum Gasteiger partial charge on any atom is -0.463 e. The SMILES string of the molecule is CC(=O)O[C@H]1CC[C@@]2(C)[C@@H](CC[C@@H]3[C@@H]2CC[C@]2(C)[C@@H]4[C@H](C[C@@H]32)O[C@]2(C[C@@H](C)CO2)C(=O)[C@H]4C)C1. The van der Waals surface area contributed by atoms with Gasteiger partial charge in [-0.2, -0.15) is 0 Å². The van der Waals surface area contributed by atoms with Crippen molar-refractivity contribution >= 4 is 11.8 Å². The maximum Gasteiger partial charge on any atom is 0.302 e. The molecule has 0 unspecified atom stereocenters. The van der Waals surface area contributed by atoms with Crippen molar-refractivity contribution in [1.82, 2.24) is 0 Å². The molecule has 5 heteroatoms. The van der Waals surface area contributed by atoms with Crippen LogP contribution in [0.25, 0.3) is 0 Å². The summed E-state index contributed by atoms with van der Waals surface area (Å²) in [5, 5.41) is 0. The normalized spacial score (nSPS) is 56.4. The van der Waals surface area contributed by atoms with Crippen LogP contribution in [0.1, 0.15) is 92.4 Å².